The third-order valence-electron chi connectivity index (χ3n) is 21.3. The average molecular weight is 1250 g/mol. The summed E-state index contributed by atoms with van der Waals surface area (Å²) >= 11 is 0. The van der Waals surface area contributed by atoms with E-state index in [1.807, 2.05) is 0 Å². The van der Waals surface area contributed by atoms with Crippen LogP contribution in [0.5, 0.6) is 0 Å². The molecule has 14 aromatic rings. The molecule has 2 aliphatic heterocycles. The number of hydrogen-bond acceptors (Lipinski definition) is 2. The second kappa shape index (κ2) is 21.0. The van der Waals surface area contributed by atoms with Gasteiger partial charge < -0.3 is 23.5 Å². The van der Waals surface area contributed by atoms with Crippen LogP contribution >= 0.6 is 0 Å². The van der Waals surface area contributed by atoms with Crippen LogP contribution in [0.15, 0.2) is 218 Å². The first-order valence-electron chi connectivity index (χ1n) is 34.9. The van der Waals surface area contributed by atoms with Gasteiger partial charge in [-0.3, -0.25) is 0 Å². The van der Waals surface area contributed by atoms with E-state index in [4.69, 9.17) is 0 Å². The Morgan fingerprint density at radius 2 is 0.458 bits per heavy atom. The molecule has 0 unspecified atom stereocenters. The van der Waals surface area contributed by atoms with E-state index in [9.17, 15) is 0 Å². The van der Waals surface area contributed by atoms with Crippen molar-refractivity contribution < 1.29 is 0 Å². The van der Waals surface area contributed by atoms with Gasteiger partial charge in [0.05, 0.1) is 38.8 Å². The molecule has 16 rings (SSSR count). The largest absolute Gasteiger partial charge is 0.311 e. The van der Waals surface area contributed by atoms with Crippen molar-refractivity contribution in [3.05, 3.63) is 252 Å². The van der Waals surface area contributed by atoms with Crippen molar-refractivity contribution in [1.82, 2.24) is 13.7 Å². The van der Waals surface area contributed by atoms with E-state index in [0.717, 1.165) is 51.2 Å². The Labute approximate surface area is 568 Å². The molecule has 0 N–H and O–H groups in total. The first-order valence-corrected chi connectivity index (χ1v) is 34.9. The molecule has 3 aromatic heterocycles. The van der Waals surface area contributed by atoms with Crippen molar-refractivity contribution in [2.45, 2.75) is 157 Å². The number of para-hydroxylation sites is 2. The molecule has 11 aromatic carbocycles. The first-order chi connectivity index (χ1) is 45.4. The van der Waals surface area contributed by atoms with Crippen molar-refractivity contribution in [2.75, 3.05) is 9.80 Å². The van der Waals surface area contributed by atoms with Gasteiger partial charge in [-0.1, -0.05) is 246 Å². The van der Waals surface area contributed by atoms with E-state index >= 15 is 0 Å². The molecular weight excluding hydrogens is 1160 g/mol. The molecule has 0 atom stereocenters. The molecule has 0 saturated heterocycles. The Bertz CT molecular complexity index is 5050. The maximum atomic E-state index is 2.61. The zero-order chi connectivity index (χ0) is 67.2. The number of rotatable bonds is 5. The minimum absolute atomic E-state index is 0.0573. The van der Waals surface area contributed by atoms with Crippen LogP contribution in [0.3, 0.4) is 0 Å². The lowest BCUT2D eigenvalue weighted by Gasteiger charge is -2.44. The van der Waals surface area contributed by atoms with E-state index in [1.165, 1.54) is 115 Å². The van der Waals surface area contributed by atoms with Crippen molar-refractivity contribution in [1.29, 1.82) is 0 Å². The highest BCUT2D eigenvalue weighted by molar-refractivity contribution is 7.00. The topological polar surface area (TPSA) is 21.3 Å². The SMILES string of the molecule is CC(C)(C)c1ccc2c3ccc(C(C)(C)C)cc3n(-c3ccc4c(c3)N(c3ccccc3)c3cc(-n5c6cc(C(C)(C)C)ccc6c6ccc(C(C)(C)C)cc65)cc5c3B4c3ccc(-n4c6cc(C(C)(C)C)ccc6c6ccc(C(C)(C)C)cc64)cc3N5c3ccccc3)c2c1. The molecule has 0 amide bonds. The van der Waals surface area contributed by atoms with Crippen LogP contribution in [0, 0.1) is 0 Å². The van der Waals surface area contributed by atoms with Crippen LogP contribution in [0.2, 0.25) is 0 Å². The van der Waals surface area contributed by atoms with Gasteiger partial charge in [-0.15, -0.1) is 0 Å². The number of aromatic nitrogens is 3. The Kier molecular flexibility index (Phi) is 13.4. The lowest BCUT2D eigenvalue weighted by molar-refractivity contribution is 0.590. The van der Waals surface area contributed by atoms with Crippen LogP contribution in [0.1, 0.15) is 158 Å². The van der Waals surface area contributed by atoms with E-state index in [0.29, 0.717) is 0 Å². The molecular formula is C90H90BN5. The normalized spacial score (nSPS) is 13.9. The van der Waals surface area contributed by atoms with Gasteiger partial charge in [0, 0.05) is 77.8 Å². The summed E-state index contributed by atoms with van der Waals surface area (Å²) in [6.07, 6.45) is 0. The highest BCUT2D eigenvalue weighted by Gasteiger charge is 2.45. The Balaban J connectivity index is 1.06. The Hall–Kier alpha value is -9.52. The van der Waals surface area contributed by atoms with Crippen molar-refractivity contribution in [3.63, 3.8) is 0 Å². The van der Waals surface area contributed by atoms with E-state index in [1.54, 1.807) is 0 Å². The molecule has 0 bridgehead atoms. The smallest absolute Gasteiger partial charge is 0.252 e. The fourth-order valence-electron chi connectivity index (χ4n) is 15.8. The van der Waals surface area contributed by atoms with Crippen LogP contribution in [-0.2, 0) is 32.5 Å². The zero-order valence-corrected chi connectivity index (χ0v) is 59.6. The molecule has 478 valence electrons. The lowest BCUT2D eigenvalue weighted by atomic mass is 9.33. The number of benzene rings is 11. The fraction of sp³-hybridized carbons (Fsp3) is 0.267. The third kappa shape index (κ3) is 9.69. The van der Waals surface area contributed by atoms with Crippen LogP contribution < -0.4 is 26.2 Å². The maximum absolute atomic E-state index is 2.61. The summed E-state index contributed by atoms with van der Waals surface area (Å²) in [5.74, 6) is 0. The van der Waals surface area contributed by atoms with E-state index in [2.05, 4.69) is 367 Å². The Morgan fingerprint density at radius 3 is 0.708 bits per heavy atom. The summed E-state index contributed by atoms with van der Waals surface area (Å²) in [6.45, 7) is 41.9. The standard InChI is InChI=1S/C90H90BN5/c1-85(2,3)55-29-37-66-67-38-30-56(86(4,5)6)46-75(67)94(74(66)45-55)63-35-43-72-80(51-63)92(61-25-21-19-22-26-61)82-53-65(96-78-49-59(89(13,14)15)33-41-70(78)71-42-34-60(50-79(71)96)90(16,17)18)54-83-84(82)91(72)73-44-36-64(52-81(73)93(83)62-27-23-20-24-28-62)95-76-47-57(87(7,8)9)31-39-68(76)69-40-32-58(48-77(69)95)88(10,11)12/h19-54H,1-18H3. The zero-order valence-electron chi connectivity index (χ0n) is 59.6. The highest BCUT2D eigenvalue weighted by atomic mass is 15.2. The predicted molar refractivity (Wildman–Crippen MR) is 416 cm³/mol. The summed E-state index contributed by atoms with van der Waals surface area (Å²) < 4.78 is 7.77. The minimum atomic E-state index is -0.161. The molecule has 96 heavy (non-hydrogen) atoms. The van der Waals surface area contributed by atoms with Gasteiger partial charge in [0.1, 0.15) is 0 Å². The third-order valence-corrected chi connectivity index (χ3v) is 21.3. The van der Waals surface area contributed by atoms with Gasteiger partial charge in [-0.05, 0) is 179 Å². The second-order valence-electron chi connectivity index (χ2n) is 34.1. The fourth-order valence-corrected chi connectivity index (χ4v) is 15.8. The summed E-state index contributed by atoms with van der Waals surface area (Å²) in [7, 11) is 0. The molecule has 0 spiro atoms. The number of hydrogen-bond donors (Lipinski definition) is 0. The quantitative estimate of drug-likeness (QED) is 0.160. The van der Waals surface area contributed by atoms with Gasteiger partial charge in [0.2, 0.25) is 0 Å². The monoisotopic (exact) mass is 1250 g/mol. The molecule has 5 heterocycles. The van der Waals surface area contributed by atoms with Crippen molar-refractivity contribution >= 4 is 123 Å². The van der Waals surface area contributed by atoms with Gasteiger partial charge in [0.25, 0.3) is 6.71 Å². The van der Waals surface area contributed by atoms with E-state index < -0.39 is 0 Å². The van der Waals surface area contributed by atoms with Crippen molar-refractivity contribution in [3.8, 4) is 17.1 Å². The number of fused-ring (bicyclic) bond motifs is 13. The maximum Gasteiger partial charge on any atom is 0.252 e. The number of nitrogens with zero attached hydrogens (tertiary/aromatic N) is 5. The van der Waals surface area contributed by atoms with Crippen LogP contribution in [-0.4, -0.2) is 20.4 Å². The molecule has 0 aliphatic carbocycles. The predicted octanol–water partition coefficient (Wildman–Crippen LogP) is 22.8. The highest BCUT2D eigenvalue weighted by Crippen LogP contribution is 2.50. The molecule has 2 aliphatic rings. The van der Waals surface area contributed by atoms with Gasteiger partial charge >= 0.3 is 0 Å². The average Bonchev–Trinajstić information content (AvgIpc) is 0.793. The summed E-state index contributed by atoms with van der Waals surface area (Å²) in [5.41, 5.74) is 28.8. The summed E-state index contributed by atoms with van der Waals surface area (Å²) in [4.78, 5) is 5.23. The second-order valence-corrected chi connectivity index (χ2v) is 34.1. The molecule has 0 radical (unpaired) electrons. The molecule has 6 heteroatoms. The minimum Gasteiger partial charge on any atom is -0.311 e. The molecule has 0 saturated carbocycles. The van der Waals surface area contributed by atoms with Gasteiger partial charge in [0.15, 0.2) is 0 Å². The first kappa shape index (κ1) is 61.4. The number of anilines is 6. The lowest BCUT2D eigenvalue weighted by Crippen LogP contribution is -2.61. The van der Waals surface area contributed by atoms with Gasteiger partial charge in [-0.25, -0.2) is 0 Å². The van der Waals surface area contributed by atoms with Crippen LogP contribution in [0.25, 0.3) is 82.5 Å². The van der Waals surface area contributed by atoms with Crippen molar-refractivity contribution in [2.24, 2.45) is 0 Å². The van der Waals surface area contributed by atoms with Crippen LogP contribution in [0.4, 0.5) is 34.1 Å². The molecule has 0 fully saturated rings. The summed E-state index contributed by atoms with van der Waals surface area (Å²) in [5, 5.41) is 7.54. The Morgan fingerprint density at radius 1 is 0.219 bits per heavy atom. The summed E-state index contributed by atoms with van der Waals surface area (Å²) in [6, 6.07) is 85.6. The van der Waals surface area contributed by atoms with Gasteiger partial charge in [-0.2, -0.15) is 0 Å². The molecule has 5 nitrogen and oxygen atoms in total. The van der Waals surface area contributed by atoms with E-state index in [-0.39, 0.29) is 39.2 Å².